The van der Waals surface area contributed by atoms with Crippen LogP contribution in [0.2, 0.25) is 0 Å². The molecule has 3 aromatic rings. The predicted molar refractivity (Wildman–Crippen MR) is 106 cm³/mol. The van der Waals surface area contributed by atoms with Gasteiger partial charge in [-0.2, -0.15) is 0 Å². The Labute approximate surface area is 162 Å². The van der Waals surface area contributed by atoms with Crippen molar-refractivity contribution in [3.8, 4) is 0 Å². The zero-order valence-corrected chi connectivity index (χ0v) is 15.9. The Morgan fingerprint density at radius 1 is 1.07 bits per heavy atom. The van der Waals surface area contributed by atoms with Gasteiger partial charge in [0.2, 0.25) is 0 Å². The summed E-state index contributed by atoms with van der Waals surface area (Å²) in [4.78, 5) is 30.2. The molecular formula is C20H20N4O2S. The number of hydrogen-bond acceptors (Lipinski definition) is 4. The molecule has 138 valence electrons. The monoisotopic (exact) mass is 380 g/mol. The number of benzene rings is 2. The molecule has 3 rings (SSSR count). The first-order valence-electron chi connectivity index (χ1n) is 8.36. The molecule has 2 aromatic carbocycles. The number of aromatic nitrogens is 2. The minimum atomic E-state index is -0.721. The largest absolute Gasteiger partial charge is 0.336 e. The molecule has 6 nitrogen and oxygen atoms in total. The molecule has 2 amide bonds. The Morgan fingerprint density at radius 2 is 1.85 bits per heavy atom. The quantitative estimate of drug-likeness (QED) is 0.527. The Kier molecular flexibility index (Phi) is 5.93. The Balaban J connectivity index is 1.78. The predicted octanol–water partition coefficient (Wildman–Crippen LogP) is 2.99. The van der Waals surface area contributed by atoms with Crippen LogP contribution in [0.5, 0.6) is 0 Å². The van der Waals surface area contributed by atoms with E-state index in [4.69, 9.17) is 0 Å². The first-order chi connectivity index (χ1) is 13.1. The van der Waals surface area contributed by atoms with Gasteiger partial charge in [-0.3, -0.25) is 9.59 Å². The first-order valence-corrected chi connectivity index (χ1v) is 9.59. The molecule has 1 atom stereocenters. The number of imidazole rings is 1. The molecule has 0 saturated carbocycles. The van der Waals surface area contributed by atoms with Gasteiger partial charge < -0.3 is 15.2 Å². The van der Waals surface area contributed by atoms with Gasteiger partial charge >= 0.3 is 11.8 Å². The van der Waals surface area contributed by atoms with Crippen LogP contribution in [-0.2, 0) is 16.6 Å². The van der Waals surface area contributed by atoms with Crippen molar-refractivity contribution in [2.24, 2.45) is 7.05 Å². The SMILES string of the molecule is CSc1cccc(NC(=O)C(=O)N[C@@H](c2ccccc2)c2nccn2C)c1. The number of carbonyl (C=O) groups excluding carboxylic acids is 2. The summed E-state index contributed by atoms with van der Waals surface area (Å²) >= 11 is 1.56. The Morgan fingerprint density at radius 3 is 2.52 bits per heavy atom. The molecule has 0 aliphatic carbocycles. The van der Waals surface area contributed by atoms with E-state index in [2.05, 4.69) is 15.6 Å². The van der Waals surface area contributed by atoms with Crippen LogP contribution in [0.1, 0.15) is 17.4 Å². The molecular weight excluding hydrogens is 360 g/mol. The highest BCUT2D eigenvalue weighted by molar-refractivity contribution is 7.98. The second-order valence-electron chi connectivity index (χ2n) is 5.90. The molecule has 7 heteroatoms. The van der Waals surface area contributed by atoms with Crippen molar-refractivity contribution in [3.63, 3.8) is 0 Å². The number of thioether (sulfide) groups is 1. The first kappa shape index (κ1) is 18.7. The fourth-order valence-corrected chi connectivity index (χ4v) is 3.14. The highest BCUT2D eigenvalue weighted by Gasteiger charge is 2.24. The number of carbonyl (C=O) groups is 2. The lowest BCUT2D eigenvalue weighted by molar-refractivity contribution is -0.136. The van der Waals surface area contributed by atoms with Crippen LogP contribution in [-0.4, -0.2) is 27.6 Å². The zero-order chi connectivity index (χ0) is 19.2. The highest BCUT2D eigenvalue weighted by atomic mass is 32.2. The third-order valence-corrected chi connectivity index (χ3v) is 4.78. The maximum absolute atomic E-state index is 12.5. The number of amides is 2. The number of nitrogens with zero attached hydrogens (tertiary/aromatic N) is 2. The van der Waals surface area contributed by atoms with Crippen LogP contribution >= 0.6 is 11.8 Å². The zero-order valence-electron chi connectivity index (χ0n) is 15.0. The van der Waals surface area contributed by atoms with Crippen LogP contribution in [0.15, 0.2) is 71.9 Å². The lowest BCUT2D eigenvalue weighted by Gasteiger charge is -2.19. The summed E-state index contributed by atoms with van der Waals surface area (Å²) < 4.78 is 1.82. The van der Waals surface area contributed by atoms with Gasteiger partial charge in [0.25, 0.3) is 0 Å². The van der Waals surface area contributed by atoms with Crippen molar-refractivity contribution in [3.05, 3.63) is 78.4 Å². The van der Waals surface area contributed by atoms with Gasteiger partial charge in [0.1, 0.15) is 11.9 Å². The Hall–Kier alpha value is -3.06. The summed E-state index contributed by atoms with van der Waals surface area (Å²) in [7, 11) is 1.85. The molecule has 0 saturated heterocycles. The number of nitrogens with one attached hydrogen (secondary N) is 2. The summed E-state index contributed by atoms with van der Waals surface area (Å²) in [6.45, 7) is 0. The maximum Gasteiger partial charge on any atom is 0.313 e. The van der Waals surface area contributed by atoms with Crippen LogP contribution in [0.25, 0.3) is 0 Å². The van der Waals surface area contributed by atoms with Gasteiger partial charge in [0.15, 0.2) is 0 Å². The average Bonchev–Trinajstić information content (AvgIpc) is 3.12. The van der Waals surface area contributed by atoms with Crippen molar-refractivity contribution >= 4 is 29.3 Å². The van der Waals surface area contributed by atoms with E-state index in [0.717, 1.165) is 10.5 Å². The van der Waals surface area contributed by atoms with E-state index < -0.39 is 17.9 Å². The molecule has 27 heavy (non-hydrogen) atoms. The topological polar surface area (TPSA) is 76.0 Å². The minimum Gasteiger partial charge on any atom is -0.336 e. The molecule has 0 fully saturated rings. The molecule has 0 aliphatic rings. The number of anilines is 1. The lowest BCUT2D eigenvalue weighted by Crippen LogP contribution is -2.39. The van der Waals surface area contributed by atoms with Crippen molar-refractivity contribution < 1.29 is 9.59 Å². The van der Waals surface area contributed by atoms with Gasteiger partial charge in [-0.05, 0) is 30.0 Å². The number of hydrogen-bond donors (Lipinski definition) is 2. The van der Waals surface area contributed by atoms with E-state index in [0.29, 0.717) is 11.5 Å². The second kappa shape index (κ2) is 8.55. The number of rotatable bonds is 5. The molecule has 0 spiro atoms. The molecule has 1 heterocycles. The van der Waals surface area contributed by atoms with E-state index >= 15 is 0 Å². The highest BCUT2D eigenvalue weighted by Crippen LogP contribution is 2.21. The molecule has 0 radical (unpaired) electrons. The van der Waals surface area contributed by atoms with Crippen LogP contribution in [0.4, 0.5) is 5.69 Å². The van der Waals surface area contributed by atoms with Gasteiger partial charge in [-0.15, -0.1) is 11.8 Å². The normalized spacial score (nSPS) is 11.6. The van der Waals surface area contributed by atoms with Gasteiger partial charge in [0.05, 0.1) is 0 Å². The molecule has 0 bridgehead atoms. The standard InChI is InChI=1S/C20H20N4O2S/c1-24-12-11-21-18(24)17(14-7-4-3-5-8-14)23-20(26)19(25)22-15-9-6-10-16(13-15)27-2/h3-13,17H,1-2H3,(H,22,25)(H,23,26)/t17-/m0/s1. The third kappa shape index (κ3) is 4.57. The van der Waals surface area contributed by atoms with E-state index in [-0.39, 0.29) is 0 Å². The van der Waals surface area contributed by atoms with E-state index in [9.17, 15) is 9.59 Å². The molecule has 2 N–H and O–H groups in total. The lowest BCUT2D eigenvalue weighted by atomic mass is 10.1. The van der Waals surface area contributed by atoms with Gasteiger partial charge in [0, 0.05) is 30.0 Å². The van der Waals surface area contributed by atoms with E-state index in [1.54, 1.807) is 30.2 Å². The summed E-state index contributed by atoms with van der Waals surface area (Å²) in [6.07, 6.45) is 5.40. The molecule has 0 unspecified atom stereocenters. The fourth-order valence-electron chi connectivity index (χ4n) is 2.68. The molecule has 0 aliphatic heterocycles. The number of aryl methyl sites for hydroxylation is 1. The van der Waals surface area contributed by atoms with Crippen LogP contribution < -0.4 is 10.6 Å². The second-order valence-corrected chi connectivity index (χ2v) is 6.78. The summed E-state index contributed by atoms with van der Waals surface area (Å²) in [5, 5.41) is 5.43. The summed E-state index contributed by atoms with van der Waals surface area (Å²) in [6, 6.07) is 16.2. The van der Waals surface area contributed by atoms with Crippen molar-refractivity contribution in [1.29, 1.82) is 0 Å². The van der Waals surface area contributed by atoms with Crippen LogP contribution in [0, 0.1) is 0 Å². The van der Waals surface area contributed by atoms with Gasteiger partial charge in [-0.1, -0.05) is 36.4 Å². The van der Waals surface area contributed by atoms with E-state index in [1.165, 1.54) is 0 Å². The van der Waals surface area contributed by atoms with Crippen molar-refractivity contribution in [1.82, 2.24) is 14.9 Å². The smallest absolute Gasteiger partial charge is 0.313 e. The van der Waals surface area contributed by atoms with E-state index in [1.807, 2.05) is 66.4 Å². The van der Waals surface area contributed by atoms with Gasteiger partial charge in [-0.25, -0.2) is 4.98 Å². The van der Waals surface area contributed by atoms with Crippen molar-refractivity contribution in [2.45, 2.75) is 10.9 Å². The third-order valence-electron chi connectivity index (χ3n) is 4.06. The maximum atomic E-state index is 12.5. The van der Waals surface area contributed by atoms with Crippen LogP contribution in [0.3, 0.4) is 0 Å². The molecule has 1 aromatic heterocycles. The summed E-state index contributed by atoms with van der Waals surface area (Å²) in [5.74, 6) is -0.795. The fraction of sp³-hybridized carbons (Fsp3) is 0.150. The average molecular weight is 380 g/mol. The Bertz CT molecular complexity index is 940. The summed E-state index contributed by atoms with van der Waals surface area (Å²) in [5.41, 5.74) is 1.42. The minimum absolute atomic E-state index is 0.526. The van der Waals surface area contributed by atoms with Crippen molar-refractivity contribution in [2.75, 3.05) is 11.6 Å².